The number of hydrogen-bond donors (Lipinski definition) is 2. The van der Waals surface area contributed by atoms with Crippen LogP contribution in [0.4, 0.5) is 5.95 Å². The van der Waals surface area contributed by atoms with Crippen molar-refractivity contribution in [1.82, 2.24) is 24.7 Å². The number of hydrogen-bond acceptors (Lipinski definition) is 8. The molecule has 2 aliphatic carbocycles. The van der Waals surface area contributed by atoms with Crippen LogP contribution in [-0.4, -0.2) is 66.2 Å². The zero-order valence-electron chi connectivity index (χ0n) is 18.9. The number of anilines is 1. The number of nitrogens with one attached hydrogen (secondary N) is 1. The highest BCUT2D eigenvalue weighted by Gasteiger charge is 2.57. The van der Waals surface area contributed by atoms with E-state index in [9.17, 15) is 4.21 Å². The lowest BCUT2D eigenvalue weighted by molar-refractivity contribution is 0.0928. The van der Waals surface area contributed by atoms with Gasteiger partial charge in [0.15, 0.2) is 0 Å². The lowest BCUT2D eigenvalue weighted by Crippen LogP contribution is -2.30. The maximum atomic E-state index is 13.3. The monoisotopic (exact) mass is 464 g/mol. The Hall–Kier alpha value is -1.95. The number of aliphatic hydroxyl groups is 1. The first-order valence-corrected chi connectivity index (χ1v) is 12.3. The van der Waals surface area contributed by atoms with Crippen LogP contribution in [0.1, 0.15) is 55.9 Å². The van der Waals surface area contributed by atoms with Gasteiger partial charge in [-0.1, -0.05) is 0 Å². The van der Waals surface area contributed by atoms with E-state index < -0.39 is 22.3 Å². The van der Waals surface area contributed by atoms with Crippen molar-refractivity contribution in [2.24, 2.45) is 5.92 Å². The van der Waals surface area contributed by atoms with Gasteiger partial charge in [-0.25, -0.2) is 4.21 Å². The van der Waals surface area contributed by atoms with Gasteiger partial charge in [-0.2, -0.15) is 0 Å². The van der Waals surface area contributed by atoms with Crippen LogP contribution in [0, 0.1) is 12.8 Å². The Balaban J connectivity index is 1.52. The molecule has 2 aliphatic rings. The summed E-state index contributed by atoms with van der Waals surface area (Å²) in [5.41, 5.74) is 1.48. The SMILES string of the molecule is COC(c1cnc(C)cn1)C(C)S(=O)Nc1nnc(CCOCCO)n1C1(C2CC2)CC1. The Morgan fingerprint density at radius 1 is 1.28 bits per heavy atom. The Bertz CT molecular complexity index is 929. The van der Waals surface area contributed by atoms with Crippen LogP contribution in [0.2, 0.25) is 0 Å². The molecule has 2 aromatic rings. The summed E-state index contributed by atoms with van der Waals surface area (Å²) in [5, 5.41) is 17.3. The van der Waals surface area contributed by atoms with E-state index in [4.69, 9.17) is 14.6 Å². The lowest BCUT2D eigenvalue weighted by atomic mass is 10.1. The quantitative estimate of drug-likeness (QED) is 0.429. The van der Waals surface area contributed by atoms with E-state index in [1.165, 1.54) is 12.8 Å². The van der Waals surface area contributed by atoms with Crippen LogP contribution in [0.3, 0.4) is 0 Å². The summed E-state index contributed by atoms with van der Waals surface area (Å²) in [4.78, 5) is 8.68. The molecule has 4 rings (SSSR count). The first-order valence-electron chi connectivity index (χ1n) is 11.1. The number of nitrogens with zero attached hydrogens (tertiary/aromatic N) is 5. The number of methoxy groups -OCH3 is 1. The van der Waals surface area contributed by atoms with E-state index in [0.717, 1.165) is 24.4 Å². The lowest BCUT2D eigenvalue weighted by Gasteiger charge is -2.24. The molecule has 2 fully saturated rings. The average molecular weight is 465 g/mol. The van der Waals surface area contributed by atoms with Gasteiger partial charge in [0.1, 0.15) is 22.9 Å². The predicted molar refractivity (Wildman–Crippen MR) is 119 cm³/mol. The molecule has 0 aromatic carbocycles. The van der Waals surface area contributed by atoms with Gasteiger partial charge in [-0.15, -0.1) is 10.2 Å². The van der Waals surface area contributed by atoms with E-state index in [1.807, 2.05) is 13.8 Å². The Labute approximate surface area is 190 Å². The second-order valence-corrected chi connectivity index (χ2v) is 10.1. The van der Waals surface area contributed by atoms with Crippen LogP contribution in [-0.2, 0) is 32.4 Å². The van der Waals surface area contributed by atoms with E-state index >= 15 is 0 Å². The van der Waals surface area contributed by atoms with Gasteiger partial charge in [0, 0.05) is 19.7 Å². The van der Waals surface area contributed by atoms with Crippen molar-refractivity contribution in [2.75, 3.05) is 31.7 Å². The summed E-state index contributed by atoms with van der Waals surface area (Å²) in [7, 11) is 0.0950. The normalized spacial score (nSPS) is 20.0. The molecule has 3 atom stereocenters. The predicted octanol–water partition coefficient (Wildman–Crippen LogP) is 1.68. The maximum absolute atomic E-state index is 13.3. The van der Waals surface area contributed by atoms with Crippen molar-refractivity contribution >= 4 is 16.9 Å². The van der Waals surface area contributed by atoms with Crippen molar-refractivity contribution < 1.29 is 18.8 Å². The molecular weight excluding hydrogens is 432 g/mol. The summed E-state index contributed by atoms with van der Waals surface area (Å²) in [6.45, 7) is 4.48. The van der Waals surface area contributed by atoms with E-state index in [-0.39, 0.29) is 12.1 Å². The van der Waals surface area contributed by atoms with Crippen LogP contribution >= 0.6 is 0 Å². The molecule has 0 amide bonds. The fourth-order valence-electron chi connectivity index (χ4n) is 4.30. The van der Waals surface area contributed by atoms with Crippen LogP contribution in [0.25, 0.3) is 0 Å². The number of rotatable bonds is 13. The molecule has 0 spiro atoms. The number of aliphatic hydroxyl groups excluding tert-OH is 1. The molecule has 2 heterocycles. The van der Waals surface area contributed by atoms with E-state index in [1.54, 1.807) is 19.5 Å². The number of aromatic nitrogens is 5. The molecule has 0 saturated heterocycles. The molecule has 2 N–H and O–H groups in total. The van der Waals surface area contributed by atoms with Crippen molar-refractivity contribution in [3.63, 3.8) is 0 Å². The van der Waals surface area contributed by atoms with Crippen molar-refractivity contribution in [3.8, 4) is 0 Å². The molecule has 0 aliphatic heterocycles. The zero-order chi connectivity index (χ0) is 22.7. The minimum Gasteiger partial charge on any atom is -0.394 e. The first-order chi connectivity index (χ1) is 15.5. The van der Waals surface area contributed by atoms with Crippen molar-refractivity contribution in [1.29, 1.82) is 0 Å². The molecule has 11 heteroatoms. The number of ether oxygens (including phenoxy) is 2. The molecule has 0 radical (unpaired) electrons. The van der Waals surface area contributed by atoms with Gasteiger partial charge >= 0.3 is 0 Å². The topological polar surface area (TPSA) is 124 Å². The number of aryl methyl sites for hydroxylation is 1. The summed E-state index contributed by atoms with van der Waals surface area (Å²) in [6, 6.07) is 0. The maximum Gasteiger partial charge on any atom is 0.237 e. The van der Waals surface area contributed by atoms with Crippen molar-refractivity contribution in [3.05, 3.63) is 29.6 Å². The average Bonchev–Trinajstić information content (AvgIpc) is 3.71. The molecule has 32 heavy (non-hydrogen) atoms. The molecule has 2 aromatic heterocycles. The molecule has 176 valence electrons. The summed E-state index contributed by atoms with van der Waals surface area (Å²) < 4.78 is 29.6. The minimum absolute atomic E-state index is 0.00555. The third-order valence-corrected chi connectivity index (χ3v) is 7.59. The highest BCUT2D eigenvalue weighted by atomic mass is 32.2. The highest BCUT2D eigenvalue weighted by molar-refractivity contribution is 7.87. The van der Waals surface area contributed by atoms with Gasteiger partial charge in [-0.05, 0) is 45.4 Å². The molecule has 10 nitrogen and oxygen atoms in total. The summed E-state index contributed by atoms with van der Waals surface area (Å²) >= 11 is 0. The Morgan fingerprint density at radius 3 is 2.66 bits per heavy atom. The Morgan fingerprint density at radius 2 is 2.06 bits per heavy atom. The van der Waals surface area contributed by atoms with Gasteiger partial charge < -0.3 is 14.6 Å². The van der Waals surface area contributed by atoms with E-state index in [0.29, 0.717) is 37.2 Å². The summed E-state index contributed by atoms with van der Waals surface area (Å²) in [6.07, 6.45) is 8.02. The van der Waals surface area contributed by atoms with Crippen LogP contribution in [0.15, 0.2) is 12.4 Å². The fourth-order valence-corrected chi connectivity index (χ4v) is 5.28. The second kappa shape index (κ2) is 9.90. The summed E-state index contributed by atoms with van der Waals surface area (Å²) in [5.74, 6) is 1.98. The largest absolute Gasteiger partial charge is 0.394 e. The second-order valence-electron chi connectivity index (χ2n) is 8.58. The van der Waals surface area contributed by atoms with Gasteiger partial charge in [-0.3, -0.25) is 19.3 Å². The third-order valence-electron chi connectivity index (χ3n) is 6.28. The minimum atomic E-state index is -1.49. The smallest absolute Gasteiger partial charge is 0.237 e. The van der Waals surface area contributed by atoms with E-state index in [2.05, 4.69) is 29.5 Å². The van der Waals surface area contributed by atoms with Crippen LogP contribution in [0.5, 0.6) is 0 Å². The van der Waals surface area contributed by atoms with Crippen molar-refractivity contribution in [2.45, 2.75) is 62.8 Å². The highest BCUT2D eigenvalue weighted by Crippen LogP contribution is 2.60. The fraction of sp³-hybridized carbons (Fsp3) is 0.714. The van der Waals surface area contributed by atoms with Gasteiger partial charge in [0.2, 0.25) is 5.95 Å². The van der Waals surface area contributed by atoms with Gasteiger partial charge in [0.25, 0.3) is 0 Å². The van der Waals surface area contributed by atoms with Gasteiger partial charge in [0.05, 0.1) is 48.2 Å². The third kappa shape index (κ3) is 4.85. The van der Waals surface area contributed by atoms with Crippen LogP contribution < -0.4 is 4.72 Å². The molecule has 0 bridgehead atoms. The zero-order valence-corrected chi connectivity index (χ0v) is 19.7. The molecule has 3 unspecified atom stereocenters. The molecule has 2 saturated carbocycles. The Kier molecular flexibility index (Phi) is 7.18. The first kappa shape index (κ1) is 23.2. The standard InChI is InChI=1S/C21H32N6O4S/c1-14-12-23-17(13-22-14)19(30-3)15(2)32(29)26-20-25-24-18(6-10-31-11-9-28)27(20)21(7-8-21)16-4-5-16/h12-13,15-16,19,28H,4-11H2,1-3H3,(H,25,26). The molecular formula is C21H32N6O4S.